The summed E-state index contributed by atoms with van der Waals surface area (Å²) in [6.45, 7) is 6.56. The van der Waals surface area contributed by atoms with Crippen LogP contribution in [-0.4, -0.2) is 29.0 Å². The van der Waals surface area contributed by atoms with Crippen LogP contribution in [0, 0.1) is 12.3 Å². The lowest BCUT2D eigenvalue weighted by molar-refractivity contribution is 0.188. The Balaban J connectivity index is 1.50. The largest absolute Gasteiger partial charge is 0.317 e. The summed E-state index contributed by atoms with van der Waals surface area (Å²) < 4.78 is 0. The molecule has 3 heterocycles. The number of nitrogens with zero attached hydrogens (tertiary/aromatic N) is 2. The van der Waals surface area contributed by atoms with Crippen molar-refractivity contribution in [3.05, 3.63) is 38.5 Å². The van der Waals surface area contributed by atoms with E-state index < -0.39 is 0 Å². The molecule has 1 spiro atoms. The second kappa shape index (κ2) is 6.04. The third-order valence-corrected chi connectivity index (χ3v) is 6.84. The van der Waals surface area contributed by atoms with Gasteiger partial charge in [0.2, 0.25) is 0 Å². The van der Waals surface area contributed by atoms with Gasteiger partial charge < -0.3 is 5.32 Å². The quantitative estimate of drug-likeness (QED) is 0.905. The fourth-order valence-electron chi connectivity index (χ4n) is 3.85. The molecule has 1 N–H and O–H groups in total. The molecule has 3 nitrogen and oxygen atoms in total. The predicted molar refractivity (Wildman–Crippen MR) is 93.4 cm³/mol. The maximum Gasteiger partial charge on any atom is 0.107 e. The highest BCUT2D eigenvalue weighted by atomic mass is 32.1. The third kappa shape index (κ3) is 3.00. The molecule has 5 heteroatoms. The van der Waals surface area contributed by atoms with Crippen LogP contribution in [-0.2, 0) is 13.1 Å². The third-order valence-electron chi connectivity index (χ3n) is 5.16. The first-order chi connectivity index (χ1) is 10.8. The highest BCUT2D eigenvalue weighted by Crippen LogP contribution is 2.56. The molecule has 1 aliphatic carbocycles. The maximum atomic E-state index is 4.69. The minimum Gasteiger partial charge on any atom is -0.317 e. The van der Waals surface area contributed by atoms with E-state index in [9.17, 15) is 0 Å². The van der Waals surface area contributed by atoms with E-state index in [0.717, 1.165) is 24.8 Å². The molecular weight excluding hydrogens is 310 g/mol. The highest BCUT2D eigenvalue weighted by molar-refractivity contribution is 7.09. The second-order valence-corrected chi connectivity index (χ2v) is 8.47. The van der Waals surface area contributed by atoms with Gasteiger partial charge in [-0.1, -0.05) is 0 Å². The van der Waals surface area contributed by atoms with Crippen LogP contribution in [0.25, 0.3) is 0 Å². The molecule has 2 aromatic heterocycles. The van der Waals surface area contributed by atoms with Crippen molar-refractivity contribution >= 4 is 22.7 Å². The summed E-state index contributed by atoms with van der Waals surface area (Å²) in [6.07, 6.45) is 4.06. The summed E-state index contributed by atoms with van der Waals surface area (Å²) in [5.74, 6) is 0. The first kappa shape index (κ1) is 14.8. The molecule has 4 rings (SSSR count). The van der Waals surface area contributed by atoms with Gasteiger partial charge in [-0.2, -0.15) is 11.3 Å². The number of nitrogens with one attached hydrogen (secondary N) is 1. The van der Waals surface area contributed by atoms with Crippen LogP contribution in [0.3, 0.4) is 0 Å². The topological polar surface area (TPSA) is 28.2 Å². The lowest BCUT2D eigenvalue weighted by Gasteiger charge is -2.29. The number of hydrogen-bond acceptors (Lipinski definition) is 5. The van der Waals surface area contributed by atoms with Crippen molar-refractivity contribution in [3.63, 3.8) is 0 Å². The number of aryl methyl sites for hydroxylation is 1. The van der Waals surface area contributed by atoms with Gasteiger partial charge in [0, 0.05) is 23.7 Å². The van der Waals surface area contributed by atoms with Crippen molar-refractivity contribution < 1.29 is 0 Å². The number of thiophene rings is 1. The average Bonchev–Trinajstić information content (AvgIpc) is 2.90. The van der Waals surface area contributed by atoms with Crippen LogP contribution in [0.1, 0.15) is 35.5 Å². The summed E-state index contributed by atoms with van der Waals surface area (Å²) in [5.41, 5.74) is 3.20. The van der Waals surface area contributed by atoms with E-state index in [1.165, 1.54) is 42.9 Å². The number of thiazole rings is 1. The van der Waals surface area contributed by atoms with Gasteiger partial charge in [-0.3, -0.25) is 4.90 Å². The Hall–Kier alpha value is -0.750. The molecule has 0 bridgehead atoms. The van der Waals surface area contributed by atoms with Crippen molar-refractivity contribution in [3.8, 4) is 0 Å². The van der Waals surface area contributed by atoms with Gasteiger partial charge in [0.05, 0.1) is 6.54 Å². The van der Waals surface area contributed by atoms with Gasteiger partial charge in [-0.15, -0.1) is 11.3 Å². The van der Waals surface area contributed by atoms with Crippen molar-refractivity contribution in [1.82, 2.24) is 15.2 Å². The molecular formula is C17H23N3S2. The van der Waals surface area contributed by atoms with E-state index in [0.29, 0.717) is 5.41 Å². The Bertz CT molecular complexity index is 614. The molecule has 1 saturated carbocycles. The summed E-state index contributed by atoms with van der Waals surface area (Å²) >= 11 is 3.61. The standard InChI is InChI=1S/C17H23N3S2/c1-13-11-22-16(19-13)10-20(9-14-2-7-21-12-14)15-8-17(15)3-5-18-6-4-17/h2,7,11-12,15,18H,3-6,8-10H2,1H3. The van der Waals surface area contributed by atoms with Gasteiger partial charge in [0.1, 0.15) is 5.01 Å². The summed E-state index contributed by atoms with van der Waals surface area (Å²) in [7, 11) is 0. The fourth-order valence-corrected chi connectivity index (χ4v) is 5.30. The van der Waals surface area contributed by atoms with E-state index in [1.54, 1.807) is 11.3 Å². The Labute approximate surface area is 140 Å². The Morgan fingerprint density at radius 2 is 2.18 bits per heavy atom. The normalized spacial score (nSPS) is 23.3. The molecule has 1 saturated heterocycles. The van der Waals surface area contributed by atoms with E-state index >= 15 is 0 Å². The van der Waals surface area contributed by atoms with Crippen LogP contribution in [0.4, 0.5) is 0 Å². The van der Waals surface area contributed by atoms with Crippen molar-refractivity contribution in [1.29, 1.82) is 0 Å². The van der Waals surface area contributed by atoms with Crippen LogP contribution < -0.4 is 5.32 Å². The van der Waals surface area contributed by atoms with Gasteiger partial charge in [-0.25, -0.2) is 4.98 Å². The van der Waals surface area contributed by atoms with Crippen molar-refractivity contribution in [2.24, 2.45) is 5.41 Å². The Morgan fingerprint density at radius 1 is 1.32 bits per heavy atom. The zero-order valence-corrected chi connectivity index (χ0v) is 14.7. The minimum atomic E-state index is 0.591. The molecule has 0 amide bonds. The maximum absolute atomic E-state index is 4.69. The van der Waals surface area contributed by atoms with E-state index in [-0.39, 0.29) is 0 Å². The molecule has 1 unspecified atom stereocenters. The number of piperidine rings is 1. The zero-order valence-electron chi connectivity index (χ0n) is 13.0. The van der Waals surface area contributed by atoms with E-state index in [4.69, 9.17) is 4.98 Å². The molecule has 1 aliphatic heterocycles. The molecule has 1 atom stereocenters. The molecule has 22 heavy (non-hydrogen) atoms. The summed E-state index contributed by atoms with van der Waals surface area (Å²) in [6, 6.07) is 3.01. The van der Waals surface area contributed by atoms with Crippen LogP contribution >= 0.6 is 22.7 Å². The molecule has 0 radical (unpaired) electrons. The van der Waals surface area contributed by atoms with E-state index in [2.05, 4.69) is 39.3 Å². The van der Waals surface area contributed by atoms with Crippen LogP contribution in [0.15, 0.2) is 22.2 Å². The molecule has 2 aromatic rings. The Morgan fingerprint density at radius 3 is 2.86 bits per heavy atom. The fraction of sp³-hybridized carbons (Fsp3) is 0.588. The second-order valence-electron chi connectivity index (χ2n) is 6.75. The van der Waals surface area contributed by atoms with Crippen LogP contribution in [0.2, 0.25) is 0 Å². The number of aromatic nitrogens is 1. The summed E-state index contributed by atoms with van der Waals surface area (Å²) in [5, 5.41) is 11.4. The average molecular weight is 334 g/mol. The molecule has 0 aromatic carbocycles. The van der Waals surface area contributed by atoms with Crippen molar-refractivity contribution in [2.45, 2.75) is 45.3 Å². The monoisotopic (exact) mass is 333 g/mol. The minimum absolute atomic E-state index is 0.591. The highest BCUT2D eigenvalue weighted by Gasteiger charge is 2.56. The van der Waals surface area contributed by atoms with Gasteiger partial charge in [0.25, 0.3) is 0 Å². The van der Waals surface area contributed by atoms with Gasteiger partial charge in [0.15, 0.2) is 0 Å². The first-order valence-electron chi connectivity index (χ1n) is 8.12. The SMILES string of the molecule is Cc1csc(CN(Cc2ccsc2)C2CC23CCNCC3)n1. The van der Waals surface area contributed by atoms with Gasteiger partial charge in [-0.05, 0) is 67.1 Å². The lowest BCUT2D eigenvalue weighted by atomic mass is 9.93. The predicted octanol–water partition coefficient (Wildman–Crippen LogP) is 3.66. The van der Waals surface area contributed by atoms with Gasteiger partial charge >= 0.3 is 0 Å². The lowest BCUT2D eigenvalue weighted by Crippen LogP contribution is -2.35. The number of rotatable bonds is 5. The number of hydrogen-bond donors (Lipinski definition) is 1. The van der Waals surface area contributed by atoms with E-state index in [1.807, 2.05) is 11.3 Å². The Kier molecular flexibility index (Phi) is 4.07. The van der Waals surface area contributed by atoms with Crippen LogP contribution in [0.5, 0.6) is 0 Å². The zero-order chi connectivity index (χ0) is 15.0. The molecule has 118 valence electrons. The van der Waals surface area contributed by atoms with Crippen molar-refractivity contribution in [2.75, 3.05) is 13.1 Å². The summed E-state index contributed by atoms with van der Waals surface area (Å²) in [4.78, 5) is 7.38. The molecule has 2 aliphatic rings. The first-order valence-corrected chi connectivity index (χ1v) is 9.94. The smallest absolute Gasteiger partial charge is 0.107 e. The molecule has 2 fully saturated rings.